The second-order valence-electron chi connectivity index (χ2n) is 7.21. The molecule has 142 valence electrons. The highest BCUT2D eigenvalue weighted by Crippen LogP contribution is 2.42. The van der Waals surface area contributed by atoms with E-state index in [4.69, 9.17) is 21.6 Å². The lowest BCUT2D eigenvalue weighted by molar-refractivity contribution is 0.141. The van der Waals surface area contributed by atoms with Gasteiger partial charge in [-0.2, -0.15) is 0 Å². The lowest BCUT2D eigenvalue weighted by atomic mass is 10.1. The van der Waals surface area contributed by atoms with Gasteiger partial charge in [-0.15, -0.1) is 0 Å². The van der Waals surface area contributed by atoms with Gasteiger partial charge in [-0.25, -0.2) is 19.9 Å². The van der Waals surface area contributed by atoms with Gasteiger partial charge >= 0.3 is 0 Å². The fraction of sp³-hybridized carbons (Fsp3) is 0.350. The molecule has 0 bridgehead atoms. The van der Waals surface area contributed by atoms with Crippen LogP contribution >= 0.6 is 11.6 Å². The van der Waals surface area contributed by atoms with Crippen LogP contribution in [-0.2, 0) is 12.8 Å². The van der Waals surface area contributed by atoms with Gasteiger partial charge in [-0.3, -0.25) is 4.98 Å². The van der Waals surface area contributed by atoms with Gasteiger partial charge in [0.1, 0.15) is 17.2 Å². The smallest absolute Gasteiger partial charge is 0.178 e. The van der Waals surface area contributed by atoms with Gasteiger partial charge in [0.25, 0.3) is 0 Å². The monoisotopic (exact) mass is 394 g/mol. The summed E-state index contributed by atoms with van der Waals surface area (Å²) < 4.78 is 0. The minimum atomic E-state index is -0.313. The number of β-amino-alcohol motifs (C(OH)–C–C–N with tert-alkyl or cyclic N) is 1. The molecule has 3 aromatic rings. The van der Waals surface area contributed by atoms with E-state index in [1.807, 2.05) is 6.07 Å². The predicted molar refractivity (Wildman–Crippen MR) is 107 cm³/mol. The number of allylic oxidation sites excluding steroid dienone is 1. The lowest BCUT2D eigenvalue weighted by Crippen LogP contribution is -2.51. The number of nitrogens with zero attached hydrogens (tertiary/aromatic N) is 6. The first-order valence-corrected chi connectivity index (χ1v) is 9.76. The normalized spacial score (nSPS) is 16.6. The van der Waals surface area contributed by atoms with Crippen molar-refractivity contribution in [3.05, 3.63) is 52.9 Å². The first kappa shape index (κ1) is 17.5. The third-order valence-corrected chi connectivity index (χ3v) is 5.71. The lowest BCUT2D eigenvalue weighted by Gasteiger charge is -2.38. The Morgan fingerprint density at radius 3 is 2.79 bits per heavy atom. The second-order valence-corrected chi connectivity index (χ2v) is 7.59. The van der Waals surface area contributed by atoms with Crippen LogP contribution in [-0.4, -0.2) is 49.2 Å². The zero-order chi connectivity index (χ0) is 19.3. The van der Waals surface area contributed by atoms with Crippen molar-refractivity contribution < 1.29 is 5.11 Å². The van der Waals surface area contributed by atoms with Crippen molar-refractivity contribution in [3.8, 4) is 0 Å². The van der Waals surface area contributed by atoms with Crippen molar-refractivity contribution >= 4 is 33.6 Å². The van der Waals surface area contributed by atoms with Gasteiger partial charge in [0.05, 0.1) is 22.4 Å². The molecule has 1 aliphatic heterocycles. The number of fused-ring (bicyclic) bond motifs is 2. The summed E-state index contributed by atoms with van der Waals surface area (Å²) in [6.07, 6.45) is 6.97. The van der Waals surface area contributed by atoms with Gasteiger partial charge in [0.15, 0.2) is 5.65 Å². The summed E-state index contributed by atoms with van der Waals surface area (Å²) in [6.45, 7) is 3.25. The maximum Gasteiger partial charge on any atom is 0.178 e. The summed E-state index contributed by atoms with van der Waals surface area (Å²) in [4.78, 5) is 24.6. The molecule has 0 spiro atoms. The molecule has 0 aromatic carbocycles. The van der Waals surface area contributed by atoms with E-state index in [1.54, 1.807) is 18.6 Å². The second kappa shape index (κ2) is 6.76. The van der Waals surface area contributed by atoms with Crippen molar-refractivity contribution in [2.24, 2.45) is 0 Å². The molecule has 8 heteroatoms. The fourth-order valence-electron chi connectivity index (χ4n) is 3.75. The molecule has 0 unspecified atom stereocenters. The van der Waals surface area contributed by atoms with E-state index in [0.29, 0.717) is 25.2 Å². The van der Waals surface area contributed by atoms with Crippen LogP contribution in [0.2, 0.25) is 0 Å². The fourth-order valence-corrected chi connectivity index (χ4v) is 4.14. The minimum Gasteiger partial charge on any atom is -0.389 e. The van der Waals surface area contributed by atoms with Crippen LogP contribution in [0.3, 0.4) is 0 Å². The van der Waals surface area contributed by atoms with Crippen LogP contribution in [0.4, 0.5) is 5.82 Å². The van der Waals surface area contributed by atoms with Crippen LogP contribution in [0.5, 0.6) is 0 Å². The average Bonchev–Trinajstić information content (AvgIpc) is 3.00. The van der Waals surface area contributed by atoms with Gasteiger partial charge in [-0.1, -0.05) is 18.5 Å². The molecule has 3 aromatic heterocycles. The van der Waals surface area contributed by atoms with Crippen LogP contribution in [0.1, 0.15) is 36.0 Å². The molecule has 0 saturated carbocycles. The minimum absolute atomic E-state index is 0.313. The number of hydrogen-bond acceptors (Lipinski definition) is 7. The van der Waals surface area contributed by atoms with Crippen molar-refractivity contribution in [1.29, 1.82) is 0 Å². The highest BCUT2D eigenvalue weighted by Gasteiger charge is 2.33. The predicted octanol–water partition coefficient (Wildman–Crippen LogP) is 2.50. The molecule has 4 heterocycles. The van der Waals surface area contributed by atoms with Crippen molar-refractivity contribution in [2.45, 2.75) is 32.3 Å². The standard InChI is InChI=1S/C20H19ClN6O/c1-2-12-7-14-17(18(12)21)20(27-9-13(28)10-27)26-16(25-14)6-11-5-15-19(24-8-11)23-4-3-22-15/h3-5,8,13,28H,2,6-7,9-10H2,1H3. The molecule has 0 atom stereocenters. The number of pyridine rings is 1. The quantitative estimate of drug-likeness (QED) is 0.727. The van der Waals surface area contributed by atoms with E-state index >= 15 is 0 Å². The van der Waals surface area contributed by atoms with E-state index in [0.717, 1.165) is 51.9 Å². The molecule has 1 fully saturated rings. The van der Waals surface area contributed by atoms with Gasteiger partial charge in [0.2, 0.25) is 0 Å². The Labute approximate surface area is 167 Å². The molecule has 0 amide bonds. The Hall–Kier alpha value is -2.64. The average molecular weight is 395 g/mol. The first-order chi connectivity index (χ1) is 13.6. The summed E-state index contributed by atoms with van der Waals surface area (Å²) in [6, 6.07) is 1.97. The number of aliphatic hydroxyl groups excluding tert-OH is 1. The number of hydrogen-bond donors (Lipinski definition) is 1. The number of halogens is 1. The van der Waals surface area contributed by atoms with Crippen LogP contribution < -0.4 is 4.90 Å². The van der Waals surface area contributed by atoms with E-state index in [-0.39, 0.29) is 6.10 Å². The van der Waals surface area contributed by atoms with Crippen molar-refractivity contribution in [2.75, 3.05) is 18.0 Å². The molecule has 0 radical (unpaired) electrons. The number of anilines is 1. The Morgan fingerprint density at radius 1 is 1.18 bits per heavy atom. The summed E-state index contributed by atoms with van der Waals surface area (Å²) in [7, 11) is 0. The van der Waals surface area contributed by atoms with Gasteiger partial charge < -0.3 is 10.0 Å². The largest absolute Gasteiger partial charge is 0.389 e. The summed E-state index contributed by atoms with van der Waals surface area (Å²) in [5, 5.41) is 10.5. The maximum atomic E-state index is 9.75. The highest BCUT2D eigenvalue weighted by molar-refractivity contribution is 6.50. The van der Waals surface area contributed by atoms with E-state index in [1.165, 1.54) is 5.57 Å². The molecule has 5 rings (SSSR count). The SMILES string of the molecule is CCC1=C(Cl)c2c(nc(Cc3cnc4nccnc4c3)nc2N2CC(O)C2)C1. The van der Waals surface area contributed by atoms with E-state index in [9.17, 15) is 5.11 Å². The molecular formula is C20H19ClN6O. The molecule has 2 aliphatic rings. The Morgan fingerprint density at radius 2 is 2.00 bits per heavy atom. The van der Waals surface area contributed by atoms with Crippen LogP contribution in [0, 0.1) is 0 Å². The number of rotatable bonds is 4. The Bertz CT molecular complexity index is 1110. The number of aliphatic hydroxyl groups is 1. The van der Waals surface area contributed by atoms with Crippen molar-refractivity contribution in [1.82, 2.24) is 24.9 Å². The zero-order valence-electron chi connectivity index (χ0n) is 15.4. The zero-order valence-corrected chi connectivity index (χ0v) is 16.2. The maximum absolute atomic E-state index is 9.75. The summed E-state index contributed by atoms with van der Waals surface area (Å²) in [5.74, 6) is 1.55. The Balaban J connectivity index is 1.53. The van der Waals surface area contributed by atoms with Crippen molar-refractivity contribution in [3.63, 3.8) is 0 Å². The Kier molecular flexibility index (Phi) is 4.21. The first-order valence-electron chi connectivity index (χ1n) is 9.38. The van der Waals surface area contributed by atoms with E-state index < -0.39 is 0 Å². The van der Waals surface area contributed by atoms with E-state index in [2.05, 4.69) is 26.8 Å². The molecule has 7 nitrogen and oxygen atoms in total. The summed E-state index contributed by atoms with van der Waals surface area (Å²) >= 11 is 6.64. The molecular weight excluding hydrogens is 376 g/mol. The van der Waals surface area contributed by atoms with Gasteiger partial charge in [0, 0.05) is 44.5 Å². The van der Waals surface area contributed by atoms with Gasteiger partial charge in [-0.05, 0) is 23.6 Å². The topological polar surface area (TPSA) is 87.9 Å². The molecule has 1 aliphatic carbocycles. The third-order valence-electron chi connectivity index (χ3n) is 5.25. The third kappa shape index (κ3) is 2.91. The highest BCUT2D eigenvalue weighted by atomic mass is 35.5. The molecule has 28 heavy (non-hydrogen) atoms. The van der Waals surface area contributed by atoms with Crippen LogP contribution in [0.25, 0.3) is 16.2 Å². The molecule has 1 saturated heterocycles. The number of aromatic nitrogens is 5. The van der Waals surface area contributed by atoms with Crippen LogP contribution in [0.15, 0.2) is 30.2 Å². The molecule has 1 N–H and O–H groups in total. The summed E-state index contributed by atoms with van der Waals surface area (Å²) in [5.41, 5.74) is 5.45.